The smallest absolute Gasteiger partial charge is 0.340 e. The Morgan fingerprint density at radius 2 is 2.11 bits per heavy atom. The zero-order valence-corrected chi connectivity index (χ0v) is 15.7. The minimum absolute atomic E-state index is 0.218. The van der Waals surface area contributed by atoms with E-state index in [-0.39, 0.29) is 19.5 Å². The summed E-state index contributed by atoms with van der Waals surface area (Å²) >= 11 is 0. The minimum atomic E-state index is -4.48. The molecule has 1 amide bonds. The molecule has 1 saturated heterocycles. The zero-order valence-electron chi connectivity index (χ0n) is 15.7. The number of rotatable bonds is 4. The molecule has 6 nitrogen and oxygen atoms in total. The molecule has 0 saturated carbocycles. The SMILES string of the molecule is Cc1ccc2nc(N3CC[C@@H](F)[C@H](N)C3)n(CC(=O)N(C)CC(F)(F)F)c2c1. The fourth-order valence-electron chi connectivity index (χ4n) is 3.37. The normalized spacial score (nSPS) is 20.6. The second-order valence-electron chi connectivity index (χ2n) is 7.27. The van der Waals surface area contributed by atoms with E-state index in [0.717, 1.165) is 12.6 Å². The van der Waals surface area contributed by atoms with Crippen LogP contribution in [0.3, 0.4) is 0 Å². The number of aromatic nitrogens is 2. The van der Waals surface area contributed by atoms with E-state index in [1.54, 1.807) is 15.5 Å². The van der Waals surface area contributed by atoms with Crippen molar-refractivity contribution in [3.63, 3.8) is 0 Å². The molecule has 1 aliphatic rings. The van der Waals surface area contributed by atoms with Crippen LogP contribution in [0.5, 0.6) is 0 Å². The number of nitrogens with two attached hydrogens (primary N) is 1. The number of anilines is 1. The number of likely N-dealkylation sites (N-methyl/N-ethyl adjacent to an activating group) is 1. The molecule has 1 fully saturated rings. The maximum atomic E-state index is 13.8. The van der Waals surface area contributed by atoms with E-state index < -0.39 is 30.8 Å². The number of alkyl halides is 4. The van der Waals surface area contributed by atoms with Crippen molar-refractivity contribution in [2.45, 2.75) is 38.3 Å². The van der Waals surface area contributed by atoms with Gasteiger partial charge in [0.2, 0.25) is 11.9 Å². The van der Waals surface area contributed by atoms with Gasteiger partial charge in [-0.05, 0) is 31.0 Å². The monoisotopic (exact) mass is 401 g/mol. The van der Waals surface area contributed by atoms with Crippen LogP contribution in [0.1, 0.15) is 12.0 Å². The van der Waals surface area contributed by atoms with Crippen LogP contribution >= 0.6 is 0 Å². The molecule has 2 aromatic rings. The third-order valence-electron chi connectivity index (χ3n) is 4.87. The Balaban J connectivity index is 1.95. The molecule has 0 spiro atoms. The van der Waals surface area contributed by atoms with Crippen LogP contribution in [0.15, 0.2) is 18.2 Å². The summed E-state index contributed by atoms with van der Waals surface area (Å²) in [6, 6.07) is 4.79. The summed E-state index contributed by atoms with van der Waals surface area (Å²) in [6.07, 6.45) is -5.36. The lowest BCUT2D eigenvalue weighted by Gasteiger charge is -2.34. The summed E-state index contributed by atoms with van der Waals surface area (Å²) in [5, 5.41) is 0. The summed E-state index contributed by atoms with van der Waals surface area (Å²) in [5.41, 5.74) is 8.02. The molecule has 2 N–H and O–H groups in total. The Morgan fingerprint density at radius 1 is 1.39 bits per heavy atom. The van der Waals surface area contributed by atoms with Gasteiger partial charge in [-0.25, -0.2) is 9.37 Å². The van der Waals surface area contributed by atoms with E-state index >= 15 is 0 Å². The van der Waals surface area contributed by atoms with Gasteiger partial charge < -0.3 is 20.1 Å². The van der Waals surface area contributed by atoms with E-state index in [0.29, 0.717) is 28.4 Å². The molecule has 1 aliphatic heterocycles. The highest BCUT2D eigenvalue weighted by Gasteiger charge is 2.33. The second kappa shape index (κ2) is 7.57. The Bertz CT molecular complexity index is 866. The number of aryl methyl sites for hydroxylation is 1. The molecule has 0 radical (unpaired) electrons. The first-order chi connectivity index (χ1) is 13.0. The zero-order chi connectivity index (χ0) is 20.6. The fraction of sp³-hybridized carbons (Fsp3) is 0.556. The van der Waals surface area contributed by atoms with Crippen LogP contribution in [0.25, 0.3) is 11.0 Å². The summed E-state index contributed by atoms with van der Waals surface area (Å²) in [6.45, 7) is 0.829. The topological polar surface area (TPSA) is 67.4 Å². The van der Waals surface area contributed by atoms with Crippen LogP contribution in [0, 0.1) is 6.92 Å². The first-order valence-corrected chi connectivity index (χ1v) is 8.97. The minimum Gasteiger partial charge on any atom is -0.340 e. The largest absolute Gasteiger partial charge is 0.406 e. The number of carbonyl (C=O) groups is 1. The molecule has 0 unspecified atom stereocenters. The molecule has 2 heterocycles. The molecule has 10 heteroatoms. The molecule has 0 aliphatic carbocycles. The van der Waals surface area contributed by atoms with Crippen molar-refractivity contribution in [2.75, 3.05) is 31.6 Å². The van der Waals surface area contributed by atoms with Crippen molar-refractivity contribution in [2.24, 2.45) is 5.73 Å². The van der Waals surface area contributed by atoms with E-state index in [1.165, 1.54) is 0 Å². The van der Waals surface area contributed by atoms with Crippen molar-refractivity contribution in [1.29, 1.82) is 0 Å². The molecule has 3 rings (SSSR count). The Hall–Kier alpha value is -2.36. The van der Waals surface area contributed by atoms with Gasteiger partial charge in [-0.2, -0.15) is 13.2 Å². The molecule has 0 bridgehead atoms. The number of benzene rings is 1. The lowest BCUT2D eigenvalue weighted by atomic mass is 10.1. The van der Waals surface area contributed by atoms with Crippen molar-refractivity contribution in [3.8, 4) is 0 Å². The average molecular weight is 401 g/mol. The molecule has 154 valence electrons. The number of carbonyl (C=O) groups excluding carboxylic acids is 1. The van der Waals surface area contributed by atoms with Gasteiger partial charge in [0, 0.05) is 20.1 Å². The van der Waals surface area contributed by atoms with Crippen LogP contribution < -0.4 is 10.6 Å². The Kier molecular flexibility index (Phi) is 5.51. The summed E-state index contributed by atoms with van der Waals surface area (Å²) < 4.78 is 53.2. The molecule has 28 heavy (non-hydrogen) atoms. The molecule has 1 aromatic carbocycles. The van der Waals surface area contributed by atoms with Gasteiger partial charge in [0.1, 0.15) is 19.3 Å². The maximum Gasteiger partial charge on any atom is 0.406 e. The highest BCUT2D eigenvalue weighted by atomic mass is 19.4. The lowest BCUT2D eigenvalue weighted by molar-refractivity contribution is -0.158. The van der Waals surface area contributed by atoms with E-state index in [9.17, 15) is 22.4 Å². The number of nitrogens with zero attached hydrogens (tertiary/aromatic N) is 4. The van der Waals surface area contributed by atoms with Crippen molar-refractivity contribution >= 4 is 22.9 Å². The second-order valence-corrected chi connectivity index (χ2v) is 7.27. The Morgan fingerprint density at radius 3 is 2.75 bits per heavy atom. The standard InChI is InChI=1S/C18H23F4N5O/c1-11-3-4-14-15(7-11)27(9-16(28)25(2)10-18(20,21)22)17(24-14)26-6-5-12(19)13(23)8-26/h3-4,7,12-13H,5-6,8-10,23H2,1-2H3/t12-,13-/m1/s1. The van der Waals surface area contributed by atoms with Crippen LogP contribution in [-0.4, -0.2) is 65.4 Å². The molecular weight excluding hydrogens is 378 g/mol. The van der Waals surface area contributed by atoms with Crippen molar-refractivity contribution in [1.82, 2.24) is 14.5 Å². The predicted molar refractivity (Wildman–Crippen MR) is 97.9 cm³/mol. The molecular formula is C18H23F4N5O. The van der Waals surface area contributed by atoms with Crippen molar-refractivity contribution < 1.29 is 22.4 Å². The van der Waals surface area contributed by atoms with Gasteiger partial charge in [-0.1, -0.05) is 6.07 Å². The summed E-state index contributed by atoms with van der Waals surface area (Å²) in [4.78, 5) is 19.4. The maximum absolute atomic E-state index is 13.8. The molecule has 1 aromatic heterocycles. The molecule has 2 atom stereocenters. The van der Waals surface area contributed by atoms with Gasteiger partial charge in [0.15, 0.2) is 0 Å². The lowest BCUT2D eigenvalue weighted by Crippen LogP contribution is -2.50. The van der Waals surface area contributed by atoms with E-state index in [1.807, 2.05) is 19.1 Å². The van der Waals surface area contributed by atoms with Gasteiger partial charge in [0.25, 0.3) is 0 Å². The quantitative estimate of drug-likeness (QED) is 0.798. The van der Waals surface area contributed by atoms with Gasteiger partial charge >= 0.3 is 6.18 Å². The number of hydrogen-bond donors (Lipinski definition) is 1. The van der Waals surface area contributed by atoms with E-state index in [4.69, 9.17) is 5.73 Å². The third kappa shape index (κ3) is 4.37. The van der Waals surface area contributed by atoms with Crippen molar-refractivity contribution in [3.05, 3.63) is 23.8 Å². The summed E-state index contributed by atoms with van der Waals surface area (Å²) in [7, 11) is 1.12. The highest BCUT2D eigenvalue weighted by Crippen LogP contribution is 2.27. The van der Waals surface area contributed by atoms with E-state index in [2.05, 4.69) is 4.98 Å². The number of piperidine rings is 1. The fourth-order valence-corrected chi connectivity index (χ4v) is 3.37. The van der Waals surface area contributed by atoms with Crippen LogP contribution in [-0.2, 0) is 11.3 Å². The summed E-state index contributed by atoms with van der Waals surface area (Å²) in [5.74, 6) is -0.277. The van der Waals surface area contributed by atoms with Gasteiger partial charge in [0.05, 0.1) is 17.1 Å². The number of amides is 1. The third-order valence-corrected chi connectivity index (χ3v) is 4.87. The number of imidazole rings is 1. The van der Waals surface area contributed by atoms with Crippen LogP contribution in [0.4, 0.5) is 23.5 Å². The van der Waals surface area contributed by atoms with Crippen LogP contribution in [0.2, 0.25) is 0 Å². The average Bonchev–Trinajstić information content (AvgIpc) is 2.93. The predicted octanol–water partition coefficient (Wildman–Crippen LogP) is 2.24. The highest BCUT2D eigenvalue weighted by molar-refractivity contribution is 5.83. The van der Waals surface area contributed by atoms with Gasteiger partial charge in [-0.3, -0.25) is 4.79 Å². The Labute approximate surface area is 159 Å². The first-order valence-electron chi connectivity index (χ1n) is 8.97. The number of halogens is 4. The van der Waals surface area contributed by atoms with Gasteiger partial charge in [-0.15, -0.1) is 0 Å². The number of hydrogen-bond acceptors (Lipinski definition) is 4. The first kappa shape index (κ1) is 20.4. The number of fused-ring (bicyclic) bond motifs is 1.